The first-order valence-corrected chi connectivity index (χ1v) is 8.35. The molecule has 0 heterocycles. The fourth-order valence-corrected chi connectivity index (χ4v) is 3.37. The molecule has 0 aromatic carbocycles. The van der Waals surface area contributed by atoms with Gasteiger partial charge in [-0.25, -0.2) is 0 Å². The summed E-state index contributed by atoms with van der Waals surface area (Å²) in [6.45, 7) is 0. The first kappa shape index (κ1) is 20.2. The minimum atomic E-state index is -0.762. The molecular formula is C17H29BO5. The minimum Gasteiger partial charge on any atom is -0.481 e. The van der Waals surface area contributed by atoms with Gasteiger partial charge in [0, 0.05) is 33.1 Å². The largest absolute Gasteiger partial charge is 0.481 e. The summed E-state index contributed by atoms with van der Waals surface area (Å²) in [6, 6.07) is -0.280. The number of methoxy groups -OCH3 is 2. The molecule has 1 aliphatic rings. The summed E-state index contributed by atoms with van der Waals surface area (Å²) < 4.78 is 10.6. The molecule has 0 bridgehead atoms. The van der Waals surface area contributed by atoms with E-state index in [-0.39, 0.29) is 36.5 Å². The second-order valence-corrected chi connectivity index (χ2v) is 6.25. The summed E-state index contributed by atoms with van der Waals surface area (Å²) in [5.74, 6) is -0.346. The van der Waals surface area contributed by atoms with Crippen LogP contribution in [0.15, 0.2) is 12.2 Å². The fourth-order valence-electron chi connectivity index (χ4n) is 3.37. The van der Waals surface area contributed by atoms with E-state index in [0.29, 0.717) is 12.8 Å². The Kier molecular flexibility index (Phi) is 9.52. The molecule has 23 heavy (non-hydrogen) atoms. The second-order valence-electron chi connectivity index (χ2n) is 6.25. The minimum absolute atomic E-state index is 0.0551. The lowest BCUT2D eigenvalue weighted by molar-refractivity contribution is -0.137. The molecule has 0 amide bonds. The lowest BCUT2D eigenvalue weighted by Crippen LogP contribution is -2.25. The van der Waals surface area contributed by atoms with Crippen LogP contribution < -0.4 is 0 Å². The van der Waals surface area contributed by atoms with E-state index < -0.39 is 5.97 Å². The van der Waals surface area contributed by atoms with Gasteiger partial charge in [0.1, 0.15) is 7.85 Å². The molecule has 5 nitrogen and oxygen atoms in total. The van der Waals surface area contributed by atoms with Crippen molar-refractivity contribution in [3.63, 3.8) is 0 Å². The highest BCUT2D eigenvalue weighted by Crippen LogP contribution is 2.39. The second kappa shape index (κ2) is 10.8. The smallest absolute Gasteiger partial charge is 0.303 e. The van der Waals surface area contributed by atoms with Gasteiger partial charge in [0.05, 0.1) is 12.2 Å². The van der Waals surface area contributed by atoms with Crippen molar-refractivity contribution in [1.29, 1.82) is 0 Å². The van der Waals surface area contributed by atoms with Gasteiger partial charge in [0.25, 0.3) is 0 Å². The topological polar surface area (TPSA) is 76.0 Å². The molecule has 0 spiro atoms. The Hall–Kier alpha value is -0.845. The van der Waals surface area contributed by atoms with E-state index >= 15 is 0 Å². The normalized spacial score (nSPS) is 29.2. The monoisotopic (exact) mass is 324 g/mol. The van der Waals surface area contributed by atoms with Crippen molar-refractivity contribution in [2.45, 2.75) is 63.2 Å². The highest BCUT2D eigenvalue weighted by Gasteiger charge is 2.41. The number of aliphatic hydroxyl groups is 1. The average Bonchev–Trinajstić information content (AvgIpc) is 2.83. The molecule has 2 radical (unpaired) electrons. The van der Waals surface area contributed by atoms with Crippen LogP contribution in [0.2, 0.25) is 0 Å². The van der Waals surface area contributed by atoms with Gasteiger partial charge in [0.2, 0.25) is 0 Å². The molecule has 1 unspecified atom stereocenters. The number of ether oxygens (including phenoxy) is 2. The number of allylic oxidation sites excluding steroid dienone is 2. The van der Waals surface area contributed by atoms with E-state index in [0.717, 1.165) is 25.7 Å². The zero-order valence-electron chi connectivity index (χ0n) is 14.2. The number of rotatable bonds is 11. The Balaban J connectivity index is 2.47. The maximum absolute atomic E-state index is 10.5. The lowest BCUT2D eigenvalue weighted by atomic mass is 9.83. The summed E-state index contributed by atoms with van der Waals surface area (Å²) in [6.07, 6.45) is 8.38. The molecule has 0 aliphatic heterocycles. The highest BCUT2D eigenvalue weighted by molar-refractivity contribution is 6.10. The quantitative estimate of drug-likeness (QED) is 0.346. The Bertz CT molecular complexity index is 374. The Morgan fingerprint density at radius 1 is 1.35 bits per heavy atom. The molecule has 0 aromatic rings. The standard InChI is InChI=1S/C17H29BO5/c1-22-15-11-14(19)12(13(15)9-10-16(18)23-2)7-5-3-4-6-8-17(20)21/h3,5,12-16,19H,4,6-11H2,1-2H3,(H,20,21)/b5-3-/t12-,13-,14+,15-,16?/m1/s1. The van der Waals surface area contributed by atoms with Gasteiger partial charge in [0.15, 0.2) is 0 Å². The third kappa shape index (κ3) is 7.06. The molecule has 1 saturated carbocycles. The van der Waals surface area contributed by atoms with Crippen LogP contribution in [0.1, 0.15) is 44.9 Å². The number of hydrogen-bond acceptors (Lipinski definition) is 4. The van der Waals surface area contributed by atoms with Gasteiger partial charge in [-0.1, -0.05) is 12.2 Å². The van der Waals surface area contributed by atoms with Crippen LogP contribution in [-0.4, -0.2) is 56.5 Å². The number of carbonyl (C=O) groups is 1. The number of aliphatic hydroxyl groups excluding tert-OH is 1. The van der Waals surface area contributed by atoms with Crippen molar-refractivity contribution < 1.29 is 24.5 Å². The molecular weight excluding hydrogens is 295 g/mol. The Morgan fingerprint density at radius 3 is 2.70 bits per heavy atom. The van der Waals surface area contributed by atoms with Crippen LogP contribution in [0, 0.1) is 11.8 Å². The third-order valence-electron chi connectivity index (χ3n) is 4.72. The van der Waals surface area contributed by atoms with Gasteiger partial charge < -0.3 is 19.7 Å². The van der Waals surface area contributed by atoms with Crippen molar-refractivity contribution in [2.75, 3.05) is 14.2 Å². The third-order valence-corrected chi connectivity index (χ3v) is 4.72. The van der Waals surface area contributed by atoms with Crippen LogP contribution in [0.25, 0.3) is 0 Å². The van der Waals surface area contributed by atoms with E-state index in [1.807, 2.05) is 6.08 Å². The average molecular weight is 324 g/mol. The van der Waals surface area contributed by atoms with Crippen molar-refractivity contribution in [3.8, 4) is 0 Å². The maximum Gasteiger partial charge on any atom is 0.303 e. The van der Waals surface area contributed by atoms with E-state index in [4.69, 9.17) is 22.4 Å². The van der Waals surface area contributed by atoms with E-state index in [2.05, 4.69) is 6.08 Å². The van der Waals surface area contributed by atoms with Crippen molar-refractivity contribution in [3.05, 3.63) is 12.2 Å². The zero-order chi connectivity index (χ0) is 17.2. The molecule has 1 fully saturated rings. The number of unbranched alkanes of at least 4 members (excludes halogenated alkanes) is 1. The number of carboxylic acids is 1. The maximum atomic E-state index is 10.5. The predicted octanol–water partition coefficient (Wildman–Crippen LogP) is 2.12. The first-order chi connectivity index (χ1) is 11.0. The Morgan fingerprint density at radius 2 is 2.09 bits per heavy atom. The fraction of sp³-hybridized carbons (Fsp3) is 0.824. The van der Waals surface area contributed by atoms with Crippen molar-refractivity contribution in [1.82, 2.24) is 0 Å². The van der Waals surface area contributed by atoms with Crippen molar-refractivity contribution >= 4 is 13.8 Å². The summed E-state index contributed by atoms with van der Waals surface area (Å²) in [7, 11) is 9.09. The Labute approximate surface area is 140 Å². The first-order valence-electron chi connectivity index (χ1n) is 8.35. The van der Waals surface area contributed by atoms with Gasteiger partial charge in [-0.2, -0.15) is 0 Å². The summed E-state index contributed by atoms with van der Waals surface area (Å²) >= 11 is 0. The van der Waals surface area contributed by atoms with Crippen molar-refractivity contribution in [2.24, 2.45) is 11.8 Å². The lowest BCUT2D eigenvalue weighted by Gasteiger charge is -2.25. The molecule has 6 heteroatoms. The highest BCUT2D eigenvalue weighted by atomic mass is 16.5. The molecule has 0 saturated heterocycles. The zero-order valence-corrected chi connectivity index (χ0v) is 14.2. The van der Waals surface area contributed by atoms with Gasteiger partial charge in [-0.15, -0.1) is 0 Å². The number of hydrogen-bond donors (Lipinski definition) is 2. The van der Waals surface area contributed by atoms with Crippen LogP contribution in [0.4, 0.5) is 0 Å². The van der Waals surface area contributed by atoms with Gasteiger partial charge in [-0.3, -0.25) is 4.79 Å². The molecule has 130 valence electrons. The van der Waals surface area contributed by atoms with Crippen LogP contribution >= 0.6 is 0 Å². The molecule has 0 aromatic heterocycles. The summed E-state index contributed by atoms with van der Waals surface area (Å²) in [4.78, 5) is 10.5. The van der Waals surface area contributed by atoms with E-state index in [1.54, 1.807) is 14.2 Å². The summed E-state index contributed by atoms with van der Waals surface area (Å²) in [5, 5.41) is 18.9. The molecule has 5 atom stereocenters. The van der Waals surface area contributed by atoms with E-state index in [9.17, 15) is 9.90 Å². The van der Waals surface area contributed by atoms with Gasteiger partial charge in [-0.05, 0) is 43.9 Å². The molecule has 1 rings (SSSR count). The van der Waals surface area contributed by atoms with Gasteiger partial charge >= 0.3 is 5.97 Å². The number of carboxylic acid groups (broad SMARTS) is 1. The van der Waals surface area contributed by atoms with E-state index in [1.165, 1.54) is 0 Å². The van der Waals surface area contributed by atoms with Crippen LogP contribution in [0.5, 0.6) is 0 Å². The SMILES string of the molecule is [B]C(CC[C@@H]1[C@@H](C/C=C\CCCC(=O)O)[C@@H](O)C[C@H]1OC)OC. The predicted molar refractivity (Wildman–Crippen MR) is 89.4 cm³/mol. The van der Waals surface area contributed by atoms with Crippen LogP contribution in [-0.2, 0) is 14.3 Å². The summed E-state index contributed by atoms with van der Waals surface area (Å²) in [5.41, 5.74) is 0. The molecule has 1 aliphatic carbocycles. The molecule has 2 N–H and O–H groups in total. The number of aliphatic carboxylic acids is 1. The van der Waals surface area contributed by atoms with Crippen LogP contribution in [0.3, 0.4) is 0 Å².